The summed E-state index contributed by atoms with van der Waals surface area (Å²) in [5.41, 5.74) is 7.68. The normalized spacial score (nSPS) is 18.5. The van der Waals surface area contributed by atoms with E-state index >= 15 is 0 Å². The van der Waals surface area contributed by atoms with Gasteiger partial charge in [-0.1, -0.05) is 66.3 Å². The molecule has 0 bridgehead atoms. The Morgan fingerprint density at radius 1 is 0.950 bits per heavy atom. The van der Waals surface area contributed by atoms with Crippen LogP contribution in [-0.4, -0.2) is 38.2 Å². The lowest BCUT2D eigenvalue weighted by atomic mass is 9.65. The monoisotopic (exact) mass is 537 g/mol. The van der Waals surface area contributed by atoms with Crippen LogP contribution in [0.2, 0.25) is 0 Å². The number of hydrogen-bond acceptors (Lipinski definition) is 5. The molecule has 1 aliphatic carbocycles. The number of nitrogens with zero attached hydrogens (tertiary/aromatic N) is 1. The van der Waals surface area contributed by atoms with E-state index < -0.39 is 0 Å². The van der Waals surface area contributed by atoms with Crippen molar-refractivity contribution < 1.29 is 19.0 Å². The molecule has 3 aromatic carbocycles. The van der Waals surface area contributed by atoms with Crippen LogP contribution in [0.1, 0.15) is 54.0 Å². The smallest absolute Gasteiger partial charge is 0.306 e. The molecule has 0 saturated heterocycles. The number of carbonyl (C=O) groups is 1. The third-order valence-corrected chi connectivity index (χ3v) is 8.17. The van der Waals surface area contributed by atoms with Crippen molar-refractivity contribution in [3.05, 3.63) is 118 Å². The zero-order valence-corrected chi connectivity index (χ0v) is 23.8. The van der Waals surface area contributed by atoms with Crippen molar-refractivity contribution >= 4 is 5.97 Å². The van der Waals surface area contributed by atoms with E-state index in [0.29, 0.717) is 19.4 Å². The quantitative estimate of drug-likeness (QED) is 0.267. The van der Waals surface area contributed by atoms with Gasteiger partial charge < -0.3 is 14.2 Å². The topological polar surface area (TPSA) is 48.0 Å². The second-order valence-corrected chi connectivity index (χ2v) is 10.6. The van der Waals surface area contributed by atoms with Gasteiger partial charge in [-0.3, -0.25) is 9.69 Å². The minimum Gasteiger partial charge on any atom is -0.497 e. The van der Waals surface area contributed by atoms with Crippen LogP contribution in [0.4, 0.5) is 0 Å². The first-order chi connectivity index (χ1) is 19.5. The summed E-state index contributed by atoms with van der Waals surface area (Å²) in [4.78, 5) is 14.7. The Balaban J connectivity index is 1.45. The molecule has 0 radical (unpaired) electrons. The average Bonchev–Trinajstić information content (AvgIpc) is 3.00. The van der Waals surface area contributed by atoms with Gasteiger partial charge in [0.2, 0.25) is 0 Å². The van der Waals surface area contributed by atoms with E-state index in [0.717, 1.165) is 44.0 Å². The molecule has 1 aliphatic heterocycles. The van der Waals surface area contributed by atoms with E-state index in [1.54, 1.807) is 14.2 Å². The van der Waals surface area contributed by atoms with E-state index in [1.165, 1.54) is 33.4 Å². The fourth-order valence-electron chi connectivity index (χ4n) is 6.13. The molecule has 1 unspecified atom stereocenters. The van der Waals surface area contributed by atoms with Crippen LogP contribution in [0.15, 0.2) is 90.5 Å². The van der Waals surface area contributed by atoms with Crippen LogP contribution < -0.4 is 9.47 Å². The molecule has 0 saturated carbocycles. The first-order valence-corrected chi connectivity index (χ1v) is 14.2. The lowest BCUT2D eigenvalue weighted by Crippen LogP contribution is -2.34. The van der Waals surface area contributed by atoms with Crippen molar-refractivity contribution in [3.63, 3.8) is 0 Å². The lowest BCUT2D eigenvalue weighted by molar-refractivity contribution is -0.143. The fourth-order valence-corrected chi connectivity index (χ4v) is 6.13. The molecule has 208 valence electrons. The molecule has 0 spiro atoms. The maximum Gasteiger partial charge on any atom is 0.306 e. The molecule has 5 heteroatoms. The van der Waals surface area contributed by atoms with Crippen molar-refractivity contribution in [2.45, 2.75) is 51.1 Å². The van der Waals surface area contributed by atoms with Crippen molar-refractivity contribution in [2.75, 3.05) is 27.4 Å². The van der Waals surface area contributed by atoms with Crippen molar-refractivity contribution in [1.82, 2.24) is 4.90 Å². The first kappa shape index (κ1) is 27.7. The standard InChI is InChI=1S/C35H39NO4/c1-4-40-34(37)19-12-26-7-6-21-35(23-26,29-13-17-31(39-3)18-14-29)33-9-5-8-28-25-36(22-20-32(28)33)24-27-10-15-30(38-2)16-11-27/h5-11,13-18,21H,4,12,19-20,22-25H2,1-3H3. The highest BCUT2D eigenvalue weighted by Gasteiger charge is 2.37. The SMILES string of the molecule is CCOC(=O)CCC1=CC=CC(c2ccc(OC)cc2)(c2cccc3c2CCN(Cc2ccc(OC)cc2)C3)C1. The summed E-state index contributed by atoms with van der Waals surface area (Å²) in [6, 6.07) is 23.7. The Labute approximate surface area is 238 Å². The van der Waals surface area contributed by atoms with Gasteiger partial charge in [-0.2, -0.15) is 0 Å². The Hall–Kier alpha value is -3.83. The van der Waals surface area contributed by atoms with E-state index in [1.807, 2.05) is 31.2 Å². The number of ether oxygens (including phenoxy) is 3. The van der Waals surface area contributed by atoms with Gasteiger partial charge in [0.1, 0.15) is 11.5 Å². The second-order valence-electron chi connectivity index (χ2n) is 10.6. The highest BCUT2D eigenvalue weighted by Crippen LogP contribution is 2.45. The van der Waals surface area contributed by atoms with Crippen LogP contribution in [0, 0.1) is 0 Å². The average molecular weight is 538 g/mol. The van der Waals surface area contributed by atoms with Gasteiger partial charge in [-0.05, 0) is 78.3 Å². The van der Waals surface area contributed by atoms with Crippen molar-refractivity contribution in [3.8, 4) is 11.5 Å². The third kappa shape index (κ3) is 6.00. The summed E-state index contributed by atoms with van der Waals surface area (Å²) >= 11 is 0. The summed E-state index contributed by atoms with van der Waals surface area (Å²) < 4.78 is 16.0. The molecule has 0 N–H and O–H groups in total. The zero-order chi connectivity index (χ0) is 28.0. The number of methoxy groups -OCH3 is 2. The molecule has 40 heavy (non-hydrogen) atoms. The zero-order valence-electron chi connectivity index (χ0n) is 23.8. The van der Waals surface area contributed by atoms with E-state index in [-0.39, 0.29) is 11.4 Å². The molecule has 3 aromatic rings. The molecule has 1 heterocycles. The lowest BCUT2D eigenvalue weighted by Gasteiger charge is -2.39. The predicted molar refractivity (Wildman–Crippen MR) is 159 cm³/mol. The number of allylic oxidation sites excluding steroid dienone is 4. The van der Waals surface area contributed by atoms with Crippen molar-refractivity contribution in [2.24, 2.45) is 0 Å². The number of carbonyl (C=O) groups excluding carboxylic acids is 1. The summed E-state index contributed by atoms with van der Waals surface area (Å²) in [5.74, 6) is 1.60. The molecule has 5 nitrogen and oxygen atoms in total. The highest BCUT2D eigenvalue weighted by molar-refractivity contribution is 5.69. The van der Waals surface area contributed by atoms with Gasteiger partial charge in [0.05, 0.1) is 20.8 Å². The number of hydrogen-bond donors (Lipinski definition) is 0. The second kappa shape index (κ2) is 12.6. The summed E-state index contributed by atoms with van der Waals surface area (Å²) in [5, 5.41) is 0. The predicted octanol–water partition coefficient (Wildman–Crippen LogP) is 6.78. The van der Waals surface area contributed by atoms with Gasteiger partial charge in [-0.15, -0.1) is 0 Å². The Kier molecular flexibility index (Phi) is 8.71. The Morgan fingerprint density at radius 3 is 2.38 bits per heavy atom. The number of esters is 1. The van der Waals surface area contributed by atoms with Crippen molar-refractivity contribution in [1.29, 1.82) is 0 Å². The summed E-state index contributed by atoms with van der Waals surface area (Å²) in [6.07, 6.45) is 9.63. The van der Waals surface area contributed by atoms with Crippen LogP contribution in [0.5, 0.6) is 11.5 Å². The van der Waals surface area contributed by atoms with Crippen LogP contribution in [0.25, 0.3) is 0 Å². The van der Waals surface area contributed by atoms with Gasteiger partial charge in [0, 0.05) is 31.5 Å². The Bertz CT molecular complexity index is 1370. The maximum atomic E-state index is 12.2. The van der Waals surface area contributed by atoms with E-state index in [9.17, 15) is 4.79 Å². The molecule has 2 aliphatic rings. The number of benzene rings is 3. The highest BCUT2D eigenvalue weighted by atomic mass is 16.5. The van der Waals surface area contributed by atoms with Gasteiger partial charge in [-0.25, -0.2) is 0 Å². The molecule has 0 fully saturated rings. The van der Waals surface area contributed by atoms with Crippen LogP contribution >= 0.6 is 0 Å². The molecular weight excluding hydrogens is 498 g/mol. The molecular formula is C35H39NO4. The van der Waals surface area contributed by atoms with Gasteiger partial charge >= 0.3 is 5.97 Å². The fraction of sp³-hybridized carbons (Fsp3) is 0.343. The summed E-state index contributed by atoms with van der Waals surface area (Å²) in [7, 11) is 3.40. The minimum absolute atomic E-state index is 0.137. The minimum atomic E-state index is -0.311. The summed E-state index contributed by atoms with van der Waals surface area (Å²) in [6.45, 7) is 5.11. The first-order valence-electron chi connectivity index (χ1n) is 14.2. The third-order valence-electron chi connectivity index (χ3n) is 8.17. The van der Waals surface area contributed by atoms with Gasteiger partial charge in [0.25, 0.3) is 0 Å². The van der Waals surface area contributed by atoms with E-state index in [2.05, 4.69) is 65.6 Å². The molecule has 5 rings (SSSR count). The Morgan fingerprint density at radius 2 is 1.68 bits per heavy atom. The van der Waals surface area contributed by atoms with E-state index in [4.69, 9.17) is 14.2 Å². The maximum absolute atomic E-state index is 12.2. The molecule has 1 atom stereocenters. The van der Waals surface area contributed by atoms with Crippen LogP contribution in [0.3, 0.4) is 0 Å². The largest absolute Gasteiger partial charge is 0.497 e. The van der Waals surface area contributed by atoms with Gasteiger partial charge in [0.15, 0.2) is 0 Å². The number of fused-ring (bicyclic) bond motifs is 1. The van der Waals surface area contributed by atoms with Crippen LogP contribution in [-0.2, 0) is 34.5 Å². The molecule has 0 aromatic heterocycles. The number of rotatable bonds is 10. The molecule has 0 amide bonds.